The SMILES string of the molecule is C=C1C[C@@H](C(=C)Nc2cc(-c3cccc(C(C)C)c3)n(-c3ccccc3Cl)n2)CN1. The Morgan fingerprint density at radius 2 is 2.00 bits per heavy atom. The van der Waals surface area contributed by atoms with E-state index >= 15 is 0 Å². The first kappa shape index (κ1) is 20.3. The van der Waals surface area contributed by atoms with Crippen LogP contribution in [0.3, 0.4) is 0 Å². The molecule has 1 fully saturated rings. The van der Waals surface area contributed by atoms with Crippen molar-refractivity contribution >= 4 is 17.4 Å². The maximum absolute atomic E-state index is 6.52. The number of benzene rings is 2. The standard InChI is InChI=1S/C25H27ClN4/c1-16(2)19-8-7-9-20(13-19)24-14-25(28-18(4)21-12-17(3)27-15-21)29-30(24)23-11-6-5-10-22(23)26/h5-11,13-14,16,21,27H,3-4,12,15H2,1-2H3,(H,28,29)/t21-/m1/s1. The van der Waals surface area contributed by atoms with Gasteiger partial charge in [-0.2, -0.15) is 0 Å². The molecule has 0 spiro atoms. The molecule has 154 valence electrons. The van der Waals surface area contributed by atoms with E-state index in [2.05, 4.69) is 68.0 Å². The number of anilines is 1. The number of aromatic nitrogens is 2. The molecule has 0 radical (unpaired) electrons. The molecule has 2 aromatic carbocycles. The molecular formula is C25H27ClN4. The number of nitrogens with one attached hydrogen (secondary N) is 2. The van der Waals surface area contributed by atoms with Crippen LogP contribution in [0.15, 0.2) is 79.1 Å². The highest BCUT2D eigenvalue weighted by Gasteiger charge is 2.22. The Bertz CT molecular complexity index is 1100. The summed E-state index contributed by atoms with van der Waals surface area (Å²) in [6.07, 6.45) is 0.889. The minimum absolute atomic E-state index is 0.302. The Hall–Kier alpha value is -2.98. The van der Waals surface area contributed by atoms with Crippen molar-refractivity contribution in [3.63, 3.8) is 0 Å². The van der Waals surface area contributed by atoms with E-state index in [1.807, 2.05) is 28.9 Å². The van der Waals surface area contributed by atoms with Crippen LogP contribution in [-0.4, -0.2) is 16.3 Å². The van der Waals surface area contributed by atoms with Gasteiger partial charge in [-0.25, -0.2) is 4.68 Å². The van der Waals surface area contributed by atoms with Gasteiger partial charge in [-0.1, -0.05) is 68.9 Å². The maximum Gasteiger partial charge on any atom is 0.153 e. The quantitative estimate of drug-likeness (QED) is 0.489. The summed E-state index contributed by atoms with van der Waals surface area (Å²) in [5.74, 6) is 1.50. The van der Waals surface area contributed by atoms with E-state index in [1.165, 1.54) is 5.56 Å². The third kappa shape index (κ3) is 4.14. The zero-order valence-corrected chi connectivity index (χ0v) is 18.2. The Balaban J connectivity index is 1.74. The fourth-order valence-corrected chi connectivity index (χ4v) is 3.95. The first-order valence-corrected chi connectivity index (χ1v) is 10.6. The molecule has 1 saturated heterocycles. The normalized spacial score (nSPS) is 16.0. The van der Waals surface area contributed by atoms with Crippen molar-refractivity contribution < 1.29 is 0 Å². The summed E-state index contributed by atoms with van der Waals surface area (Å²) in [5.41, 5.74) is 6.20. The predicted octanol–water partition coefficient (Wildman–Crippen LogP) is 6.36. The molecule has 30 heavy (non-hydrogen) atoms. The lowest BCUT2D eigenvalue weighted by Gasteiger charge is -2.12. The molecule has 4 nitrogen and oxygen atoms in total. The number of para-hydroxylation sites is 1. The van der Waals surface area contributed by atoms with Crippen molar-refractivity contribution in [1.82, 2.24) is 15.1 Å². The first-order valence-electron chi connectivity index (χ1n) is 10.2. The van der Waals surface area contributed by atoms with Gasteiger partial charge in [-0.3, -0.25) is 0 Å². The number of hydrogen-bond donors (Lipinski definition) is 2. The molecule has 0 unspecified atom stereocenters. The lowest BCUT2D eigenvalue weighted by Crippen LogP contribution is -2.14. The van der Waals surface area contributed by atoms with Gasteiger partial charge in [0, 0.05) is 35.5 Å². The van der Waals surface area contributed by atoms with E-state index in [1.54, 1.807) is 0 Å². The fraction of sp³-hybridized carbons (Fsp3) is 0.240. The average molecular weight is 419 g/mol. The summed E-state index contributed by atoms with van der Waals surface area (Å²) in [6, 6.07) is 18.4. The third-order valence-electron chi connectivity index (χ3n) is 5.51. The van der Waals surface area contributed by atoms with E-state index < -0.39 is 0 Å². The predicted molar refractivity (Wildman–Crippen MR) is 126 cm³/mol. The molecule has 1 aromatic heterocycles. The number of allylic oxidation sites excluding steroid dienone is 1. The van der Waals surface area contributed by atoms with Crippen LogP contribution < -0.4 is 10.6 Å². The Kier molecular flexibility index (Phi) is 5.69. The summed E-state index contributed by atoms with van der Waals surface area (Å²) in [6.45, 7) is 13.5. The van der Waals surface area contributed by atoms with Crippen LogP contribution in [-0.2, 0) is 0 Å². The van der Waals surface area contributed by atoms with Gasteiger partial charge >= 0.3 is 0 Å². The molecule has 0 saturated carbocycles. The largest absolute Gasteiger partial charge is 0.388 e. The maximum atomic E-state index is 6.52. The molecule has 1 aliphatic rings. The second-order valence-electron chi connectivity index (χ2n) is 8.09. The van der Waals surface area contributed by atoms with Gasteiger partial charge in [0.1, 0.15) is 0 Å². The summed E-state index contributed by atoms with van der Waals surface area (Å²) in [4.78, 5) is 0. The molecule has 2 heterocycles. The summed E-state index contributed by atoms with van der Waals surface area (Å²) in [7, 11) is 0. The van der Waals surface area contributed by atoms with E-state index in [0.29, 0.717) is 16.9 Å². The minimum Gasteiger partial charge on any atom is -0.388 e. The van der Waals surface area contributed by atoms with Crippen LogP contribution in [0.25, 0.3) is 16.9 Å². The van der Waals surface area contributed by atoms with Gasteiger partial charge in [0.2, 0.25) is 0 Å². The molecule has 0 aliphatic carbocycles. The highest BCUT2D eigenvalue weighted by atomic mass is 35.5. The second-order valence-corrected chi connectivity index (χ2v) is 8.50. The molecule has 3 aromatic rings. The van der Waals surface area contributed by atoms with E-state index in [-0.39, 0.29) is 0 Å². The van der Waals surface area contributed by atoms with Crippen molar-refractivity contribution in [3.8, 4) is 16.9 Å². The highest BCUT2D eigenvalue weighted by Crippen LogP contribution is 2.32. The van der Waals surface area contributed by atoms with Crippen molar-refractivity contribution in [2.24, 2.45) is 5.92 Å². The van der Waals surface area contributed by atoms with Crippen molar-refractivity contribution in [3.05, 3.63) is 89.7 Å². The monoisotopic (exact) mass is 418 g/mol. The van der Waals surface area contributed by atoms with Crippen LogP contribution in [0, 0.1) is 5.92 Å². The molecule has 1 atom stereocenters. The van der Waals surface area contributed by atoms with Gasteiger partial charge in [0.05, 0.1) is 16.4 Å². The molecule has 0 amide bonds. The fourth-order valence-electron chi connectivity index (χ4n) is 3.73. The Labute approximate surface area is 183 Å². The number of rotatable bonds is 6. The topological polar surface area (TPSA) is 41.9 Å². The lowest BCUT2D eigenvalue weighted by molar-refractivity contribution is 0.689. The van der Waals surface area contributed by atoms with Crippen LogP contribution in [0.4, 0.5) is 5.82 Å². The summed E-state index contributed by atoms with van der Waals surface area (Å²) >= 11 is 6.52. The molecule has 0 bridgehead atoms. The van der Waals surface area contributed by atoms with Crippen molar-refractivity contribution in [2.45, 2.75) is 26.2 Å². The van der Waals surface area contributed by atoms with E-state index in [4.69, 9.17) is 16.7 Å². The molecular weight excluding hydrogens is 392 g/mol. The van der Waals surface area contributed by atoms with Crippen molar-refractivity contribution in [2.75, 3.05) is 11.9 Å². The Morgan fingerprint density at radius 3 is 2.70 bits per heavy atom. The molecule has 4 rings (SSSR count). The second kappa shape index (κ2) is 8.41. The Morgan fingerprint density at radius 1 is 1.20 bits per heavy atom. The smallest absolute Gasteiger partial charge is 0.153 e. The van der Waals surface area contributed by atoms with Gasteiger partial charge in [-0.15, -0.1) is 5.10 Å². The highest BCUT2D eigenvalue weighted by molar-refractivity contribution is 6.32. The zero-order chi connectivity index (χ0) is 21.3. The van der Waals surface area contributed by atoms with Gasteiger partial charge < -0.3 is 10.6 Å². The zero-order valence-electron chi connectivity index (χ0n) is 17.5. The molecule has 5 heteroatoms. The molecule has 1 aliphatic heterocycles. The van der Waals surface area contributed by atoms with Gasteiger partial charge in [-0.05, 0) is 36.1 Å². The van der Waals surface area contributed by atoms with Crippen LogP contribution in [0.2, 0.25) is 5.02 Å². The summed E-state index contributed by atoms with van der Waals surface area (Å²) in [5, 5.41) is 12.2. The van der Waals surface area contributed by atoms with E-state index in [0.717, 1.165) is 47.1 Å². The van der Waals surface area contributed by atoms with Gasteiger partial charge in [0.25, 0.3) is 0 Å². The van der Waals surface area contributed by atoms with E-state index in [9.17, 15) is 0 Å². The average Bonchev–Trinajstić information content (AvgIpc) is 3.35. The number of nitrogens with zero attached hydrogens (tertiary/aromatic N) is 2. The minimum atomic E-state index is 0.302. The lowest BCUT2D eigenvalue weighted by atomic mass is 9.99. The first-order chi connectivity index (χ1) is 14.4. The van der Waals surface area contributed by atoms with Crippen LogP contribution in [0.5, 0.6) is 0 Å². The molecule has 2 N–H and O–H groups in total. The van der Waals surface area contributed by atoms with Crippen LogP contribution in [0.1, 0.15) is 31.7 Å². The number of halogens is 1. The summed E-state index contributed by atoms with van der Waals surface area (Å²) < 4.78 is 1.91. The van der Waals surface area contributed by atoms with Crippen molar-refractivity contribution in [1.29, 1.82) is 0 Å². The number of hydrogen-bond acceptors (Lipinski definition) is 3. The van der Waals surface area contributed by atoms with Gasteiger partial charge in [0.15, 0.2) is 5.82 Å². The third-order valence-corrected chi connectivity index (χ3v) is 5.83. The van der Waals surface area contributed by atoms with Crippen LogP contribution >= 0.6 is 11.6 Å².